The number of carbonyl (C=O) groups excluding carboxylic acids is 3. The molecule has 2 amide bonds. The van der Waals surface area contributed by atoms with Crippen LogP contribution in [0.2, 0.25) is 0 Å². The number of amides is 2. The third-order valence-electron chi connectivity index (χ3n) is 5.11. The third kappa shape index (κ3) is 6.73. The summed E-state index contributed by atoms with van der Waals surface area (Å²) in [4.78, 5) is 41.2. The largest absolute Gasteiger partial charge is 0.548 e. The number of aliphatic carboxylic acids is 1. The van der Waals surface area contributed by atoms with E-state index in [4.69, 9.17) is 11.5 Å². The Labute approximate surface area is 175 Å². The number of carboxylic acid groups (broad SMARTS) is 1. The van der Waals surface area contributed by atoms with Gasteiger partial charge in [-0.15, -0.1) is 0 Å². The molecule has 9 N–H and O–H groups in total. The van der Waals surface area contributed by atoms with E-state index in [0.29, 0.717) is 38.8 Å². The molecule has 30 heavy (non-hydrogen) atoms. The highest BCUT2D eigenvalue weighted by Gasteiger charge is 2.38. The second-order valence-electron chi connectivity index (χ2n) is 7.48. The van der Waals surface area contributed by atoms with Gasteiger partial charge in [0, 0.05) is 13.0 Å². The molecule has 0 aliphatic carbocycles. The Morgan fingerprint density at radius 1 is 1.27 bits per heavy atom. The van der Waals surface area contributed by atoms with Crippen LogP contribution in [-0.2, 0) is 20.8 Å². The van der Waals surface area contributed by atoms with Crippen molar-refractivity contribution in [2.24, 2.45) is 11.5 Å². The van der Waals surface area contributed by atoms with Gasteiger partial charge in [0.05, 0.1) is 18.6 Å². The fourth-order valence-corrected chi connectivity index (χ4v) is 3.58. The second kappa shape index (κ2) is 11.1. The van der Waals surface area contributed by atoms with E-state index in [1.54, 1.807) is 0 Å². The molecule has 0 saturated carbocycles. The minimum Gasteiger partial charge on any atom is -0.548 e. The van der Waals surface area contributed by atoms with Gasteiger partial charge in [0.1, 0.15) is 6.04 Å². The van der Waals surface area contributed by atoms with Gasteiger partial charge in [-0.3, -0.25) is 26.0 Å². The molecule has 1 aliphatic rings. The first kappa shape index (κ1) is 23.1. The number of benzene rings is 1. The number of hydrogen-bond acceptors (Lipinski definition) is 4. The van der Waals surface area contributed by atoms with Crippen molar-refractivity contribution in [1.82, 2.24) is 10.2 Å². The Morgan fingerprint density at radius 3 is 2.60 bits per heavy atom. The SMILES string of the molecule is NC(N)=[NH+]CCC[C@H](NC(=O)[C@@H]1CCCN1C(=O)[C@@H]([NH3+])Cc1ccccc1)C(=O)[O-]. The molecule has 0 radical (unpaired) electrons. The molecular weight excluding hydrogens is 388 g/mol. The molecule has 1 aromatic rings. The van der Waals surface area contributed by atoms with Crippen molar-refractivity contribution in [2.45, 2.75) is 50.2 Å². The van der Waals surface area contributed by atoms with Gasteiger partial charge in [-0.2, -0.15) is 0 Å². The highest BCUT2D eigenvalue weighted by atomic mass is 16.4. The van der Waals surface area contributed by atoms with Crippen LogP contribution in [0.25, 0.3) is 0 Å². The monoisotopic (exact) mass is 419 g/mol. The summed E-state index contributed by atoms with van der Waals surface area (Å²) in [5.74, 6) is -2.02. The summed E-state index contributed by atoms with van der Waals surface area (Å²) in [6.07, 6.45) is 2.20. The number of carboxylic acids is 1. The zero-order valence-electron chi connectivity index (χ0n) is 17.0. The van der Waals surface area contributed by atoms with Crippen molar-refractivity contribution in [1.29, 1.82) is 0 Å². The molecule has 0 aromatic heterocycles. The molecule has 2 rings (SSSR count). The lowest BCUT2D eigenvalue weighted by Crippen LogP contribution is -2.78. The highest BCUT2D eigenvalue weighted by molar-refractivity contribution is 5.91. The maximum Gasteiger partial charge on any atom is 0.338 e. The molecule has 1 aromatic carbocycles. The van der Waals surface area contributed by atoms with Gasteiger partial charge in [-0.1, -0.05) is 30.3 Å². The predicted molar refractivity (Wildman–Crippen MR) is 107 cm³/mol. The van der Waals surface area contributed by atoms with E-state index in [0.717, 1.165) is 5.56 Å². The van der Waals surface area contributed by atoms with Crippen LogP contribution < -0.4 is 32.6 Å². The average molecular weight is 420 g/mol. The number of carbonyl (C=O) groups is 3. The average Bonchev–Trinajstić information content (AvgIpc) is 3.19. The Kier molecular flexibility index (Phi) is 8.60. The summed E-state index contributed by atoms with van der Waals surface area (Å²) in [5.41, 5.74) is 15.5. The van der Waals surface area contributed by atoms with Gasteiger partial charge < -0.3 is 25.9 Å². The normalized spacial score (nSPS) is 17.8. The van der Waals surface area contributed by atoms with E-state index in [2.05, 4.69) is 16.0 Å². The summed E-state index contributed by atoms with van der Waals surface area (Å²) >= 11 is 0. The highest BCUT2D eigenvalue weighted by Crippen LogP contribution is 2.19. The van der Waals surface area contributed by atoms with E-state index in [-0.39, 0.29) is 18.3 Å². The standard InChI is InChI=1S/C20H30N6O4/c21-14(12-13-6-2-1-3-7-13)18(28)26-11-5-9-16(26)17(27)25-15(19(29)30)8-4-10-24-20(22)23/h1-3,6-7,14-16H,4-5,8-12,21H2,(H,25,27)(H,29,30)(H4,22,23,24)/p+1/t14-,15-,16-/m0/s1. The quantitative estimate of drug-likeness (QED) is 0.144. The van der Waals surface area contributed by atoms with Gasteiger partial charge in [0.15, 0.2) is 6.04 Å². The van der Waals surface area contributed by atoms with Gasteiger partial charge in [-0.05, 0) is 31.2 Å². The number of hydrogen-bond donors (Lipinski definition) is 5. The number of guanidine groups is 1. The maximum absolute atomic E-state index is 12.9. The minimum atomic E-state index is -1.37. The Morgan fingerprint density at radius 2 is 1.97 bits per heavy atom. The predicted octanol–water partition coefficient (Wildman–Crippen LogP) is -4.80. The molecule has 0 spiro atoms. The summed E-state index contributed by atoms with van der Waals surface area (Å²) in [7, 11) is 0. The van der Waals surface area contributed by atoms with E-state index >= 15 is 0 Å². The zero-order valence-corrected chi connectivity index (χ0v) is 17.0. The summed E-state index contributed by atoms with van der Waals surface area (Å²) in [6, 6.07) is 7.16. The fourth-order valence-electron chi connectivity index (χ4n) is 3.58. The van der Waals surface area contributed by atoms with E-state index in [9.17, 15) is 19.5 Å². The van der Waals surface area contributed by atoms with Crippen LogP contribution in [0, 0.1) is 0 Å². The van der Waals surface area contributed by atoms with Crippen molar-refractivity contribution in [2.75, 3.05) is 13.1 Å². The first-order valence-corrected chi connectivity index (χ1v) is 10.1. The van der Waals surface area contributed by atoms with Gasteiger partial charge in [0.2, 0.25) is 5.91 Å². The first-order valence-electron chi connectivity index (χ1n) is 10.1. The molecule has 164 valence electrons. The lowest BCUT2D eigenvalue weighted by molar-refractivity contribution is -0.459. The molecule has 10 heteroatoms. The first-order chi connectivity index (χ1) is 14.3. The number of rotatable bonds is 10. The minimum absolute atomic E-state index is 0.0439. The summed E-state index contributed by atoms with van der Waals surface area (Å²) < 4.78 is 0. The van der Waals surface area contributed by atoms with Crippen LogP contribution in [0.3, 0.4) is 0 Å². The lowest BCUT2D eigenvalue weighted by atomic mass is 10.0. The molecule has 10 nitrogen and oxygen atoms in total. The van der Waals surface area contributed by atoms with Crippen molar-refractivity contribution in [3.05, 3.63) is 35.9 Å². The van der Waals surface area contributed by atoms with Crippen molar-refractivity contribution < 1.29 is 30.2 Å². The topological polar surface area (TPSA) is 183 Å². The van der Waals surface area contributed by atoms with Crippen LogP contribution in [-0.4, -0.2) is 59.9 Å². The number of nitrogens with zero attached hydrogens (tertiary/aromatic N) is 1. The van der Waals surface area contributed by atoms with Crippen molar-refractivity contribution >= 4 is 23.7 Å². The lowest BCUT2D eigenvalue weighted by Gasteiger charge is -2.28. The van der Waals surface area contributed by atoms with Gasteiger partial charge >= 0.3 is 5.96 Å². The number of quaternary nitrogens is 1. The van der Waals surface area contributed by atoms with Crippen LogP contribution in [0.4, 0.5) is 0 Å². The van der Waals surface area contributed by atoms with Crippen LogP contribution in [0.5, 0.6) is 0 Å². The molecule has 0 bridgehead atoms. The molecular formula is C20H31N6O4+. The number of nitrogens with two attached hydrogens (primary N) is 2. The molecule has 0 unspecified atom stereocenters. The molecule has 1 fully saturated rings. The van der Waals surface area contributed by atoms with E-state index in [1.807, 2.05) is 30.3 Å². The van der Waals surface area contributed by atoms with Crippen LogP contribution in [0.15, 0.2) is 30.3 Å². The summed E-state index contributed by atoms with van der Waals surface area (Å²) in [5, 5.41) is 13.9. The van der Waals surface area contributed by atoms with Gasteiger partial charge in [-0.25, -0.2) is 0 Å². The smallest absolute Gasteiger partial charge is 0.338 e. The molecule has 3 atom stereocenters. The third-order valence-corrected chi connectivity index (χ3v) is 5.11. The Hall–Kier alpha value is -3.14. The molecule has 1 saturated heterocycles. The van der Waals surface area contributed by atoms with E-state index < -0.39 is 30.0 Å². The summed E-state index contributed by atoms with van der Waals surface area (Å²) in [6.45, 7) is 0.821. The van der Waals surface area contributed by atoms with Gasteiger partial charge in [0.25, 0.3) is 5.91 Å². The number of likely N-dealkylation sites (tertiary alicyclic amines) is 1. The molecule has 1 heterocycles. The van der Waals surface area contributed by atoms with Crippen LogP contribution >= 0.6 is 0 Å². The Bertz CT molecular complexity index is 766. The number of nitrogens with one attached hydrogen (secondary N) is 2. The fraction of sp³-hybridized carbons (Fsp3) is 0.500. The van der Waals surface area contributed by atoms with Crippen molar-refractivity contribution in [3.63, 3.8) is 0 Å². The van der Waals surface area contributed by atoms with Crippen molar-refractivity contribution in [3.8, 4) is 0 Å². The van der Waals surface area contributed by atoms with Crippen LogP contribution in [0.1, 0.15) is 31.2 Å². The van der Waals surface area contributed by atoms with E-state index in [1.165, 1.54) is 4.90 Å². The Balaban J connectivity index is 1.95. The second-order valence-corrected chi connectivity index (χ2v) is 7.48. The maximum atomic E-state index is 12.9. The zero-order chi connectivity index (χ0) is 22.1. The molecule has 1 aliphatic heterocycles.